The molecule has 0 bridgehead atoms. The third kappa shape index (κ3) is 5.59. The van der Waals surface area contributed by atoms with Crippen molar-refractivity contribution in [3.05, 3.63) is 34.1 Å². The van der Waals surface area contributed by atoms with Gasteiger partial charge in [0.1, 0.15) is 5.82 Å². The van der Waals surface area contributed by atoms with Crippen molar-refractivity contribution < 1.29 is 9.50 Å². The van der Waals surface area contributed by atoms with Gasteiger partial charge in [-0.1, -0.05) is 19.4 Å². The summed E-state index contributed by atoms with van der Waals surface area (Å²) in [6, 6.07) is 5.27. The van der Waals surface area contributed by atoms with Crippen LogP contribution in [-0.2, 0) is 0 Å². The van der Waals surface area contributed by atoms with Crippen LogP contribution in [0.15, 0.2) is 22.7 Å². The number of hydrogen-bond donors (Lipinski definition) is 2. The molecule has 0 aliphatic rings. The van der Waals surface area contributed by atoms with Crippen LogP contribution in [-0.4, -0.2) is 18.3 Å². The maximum absolute atomic E-state index is 13.2. The second-order valence-corrected chi connectivity index (χ2v) is 5.82. The molecule has 2 atom stereocenters. The molecule has 1 aromatic carbocycles. The third-order valence-electron chi connectivity index (χ3n) is 3.39. The first-order valence-electron chi connectivity index (χ1n) is 6.87. The lowest BCUT2D eigenvalue weighted by Crippen LogP contribution is -2.26. The van der Waals surface area contributed by atoms with E-state index in [2.05, 4.69) is 35.1 Å². The van der Waals surface area contributed by atoms with Crippen molar-refractivity contribution >= 4 is 15.9 Å². The van der Waals surface area contributed by atoms with E-state index in [-0.39, 0.29) is 18.5 Å². The Morgan fingerprint density at radius 1 is 1.37 bits per heavy atom. The Balaban J connectivity index is 2.53. The third-order valence-corrected chi connectivity index (χ3v) is 4.00. The number of rotatable bonds is 8. The van der Waals surface area contributed by atoms with Gasteiger partial charge in [0.2, 0.25) is 0 Å². The van der Waals surface area contributed by atoms with Gasteiger partial charge in [-0.3, -0.25) is 0 Å². The predicted molar refractivity (Wildman–Crippen MR) is 80.6 cm³/mol. The largest absolute Gasteiger partial charge is 0.396 e. The fourth-order valence-corrected chi connectivity index (χ4v) is 2.58. The first-order chi connectivity index (χ1) is 9.08. The van der Waals surface area contributed by atoms with Gasteiger partial charge < -0.3 is 10.4 Å². The summed E-state index contributed by atoms with van der Waals surface area (Å²) in [5.74, 6) is 0.265. The van der Waals surface area contributed by atoms with Crippen LogP contribution in [0.4, 0.5) is 4.39 Å². The molecular weight excluding hydrogens is 309 g/mol. The number of aliphatic hydroxyl groups is 1. The van der Waals surface area contributed by atoms with E-state index in [4.69, 9.17) is 5.11 Å². The quantitative estimate of drug-likeness (QED) is 0.753. The molecule has 2 N–H and O–H groups in total. The van der Waals surface area contributed by atoms with Crippen molar-refractivity contribution in [2.75, 3.05) is 13.2 Å². The van der Waals surface area contributed by atoms with Gasteiger partial charge in [-0.05, 0) is 65.9 Å². The van der Waals surface area contributed by atoms with Gasteiger partial charge in [0.15, 0.2) is 0 Å². The first kappa shape index (κ1) is 16.6. The number of aliphatic hydroxyl groups excluding tert-OH is 1. The maximum Gasteiger partial charge on any atom is 0.137 e. The van der Waals surface area contributed by atoms with Gasteiger partial charge in [0.05, 0.1) is 4.47 Å². The predicted octanol–water partition coefficient (Wildman–Crippen LogP) is 4.04. The smallest absolute Gasteiger partial charge is 0.137 e. The molecule has 4 heteroatoms. The summed E-state index contributed by atoms with van der Waals surface area (Å²) in [5.41, 5.74) is 1.06. The molecule has 0 radical (unpaired) electrons. The van der Waals surface area contributed by atoms with E-state index < -0.39 is 0 Å². The molecule has 1 aromatic rings. The lowest BCUT2D eigenvalue weighted by atomic mass is 9.99. The number of benzene rings is 1. The average Bonchev–Trinajstić information content (AvgIpc) is 2.39. The summed E-state index contributed by atoms with van der Waals surface area (Å²) in [7, 11) is 0. The van der Waals surface area contributed by atoms with Crippen molar-refractivity contribution in [2.24, 2.45) is 5.92 Å². The summed E-state index contributed by atoms with van der Waals surface area (Å²) in [4.78, 5) is 0. The Kier molecular flexibility index (Phi) is 7.57. The van der Waals surface area contributed by atoms with Crippen molar-refractivity contribution in [3.8, 4) is 0 Å². The minimum Gasteiger partial charge on any atom is -0.396 e. The van der Waals surface area contributed by atoms with E-state index in [0.717, 1.165) is 31.4 Å². The zero-order valence-corrected chi connectivity index (χ0v) is 13.2. The molecule has 0 aliphatic carbocycles. The van der Waals surface area contributed by atoms with E-state index in [1.54, 1.807) is 6.07 Å². The molecule has 108 valence electrons. The van der Waals surface area contributed by atoms with E-state index in [1.807, 2.05) is 6.07 Å². The molecule has 0 saturated carbocycles. The molecule has 19 heavy (non-hydrogen) atoms. The molecule has 0 aliphatic heterocycles. The van der Waals surface area contributed by atoms with E-state index in [1.165, 1.54) is 6.07 Å². The number of nitrogens with one attached hydrogen (secondary N) is 1. The Morgan fingerprint density at radius 2 is 2.11 bits per heavy atom. The minimum absolute atomic E-state index is 0.176. The van der Waals surface area contributed by atoms with Gasteiger partial charge in [0.25, 0.3) is 0 Å². The Hall–Kier alpha value is -0.450. The van der Waals surface area contributed by atoms with Crippen LogP contribution in [0.25, 0.3) is 0 Å². The van der Waals surface area contributed by atoms with Crippen LogP contribution in [0.3, 0.4) is 0 Å². The van der Waals surface area contributed by atoms with Crippen LogP contribution >= 0.6 is 15.9 Å². The fourth-order valence-electron chi connectivity index (χ4n) is 2.18. The van der Waals surface area contributed by atoms with E-state index in [0.29, 0.717) is 10.4 Å². The van der Waals surface area contributed by atoms with Gasteiger partial charge in [-0.25, -0.2) is 4.39 Å². The molecular formula is C15H23BrFNO. The lowest BCUT2D eigenvalue weighted by molar-refractivity contribution is 0.246. The number of hydrogen-bond acceptors (Lipinski definition) is 2. The fraction of sp³-hybridized carbons (Fsp3) is 0.600. The lowest BCUT2D eigenvalue weighted by Gasteiger charge is -2.20. The zero-order chi connectivity index (χ0) is 14.3. The summed E-state index contributed by atoms with van der Waals surface area (Å²) < 4.78 is 13.7. The van der Waals surface area contributed by atoms with Crippen molar-refractivity contribution in [1.82, 2.24) is 5.32 Å². The van der Waals surface area contributed by atoms with Crippen LogP contribution < -0.4 is 5.32 Å². The highest BCUT2D eigenvalue weighted by atomic mass is 79.9. The molecule has 0 heterocycles. The van der Waals surface area contributed by atoms with Crippen LogP contribution in [0.5, 0.6) is 0 Å². The van der Waals surface area contributed by atoms with E-state index >= 15 is 0 Å². The van der Waals surface area contributed by atoms with Crippen molar-refractivity contribution in [2.45, 2.75) is 39.2 Å². The van der Waals surface area contributed by atoms with Gasteiger partial charge in [-0.15, -0.1) is 0 Å². The molecule has 0 saturated heterocycles. The molecule has 0 spiro atoms. The summed E-state index contributed by atoms with van der Waals surface area (Å²) in [6.45, 7) is 5.35. The molecule has 0 aromatic heterocycles. The van der Waals surface area contributed by atoms with Gasteiger partial charge in [-0.2, -0.15) is 0 Å². The Morgan fingerprint density at radius 3 is 2.68 bits per heavy atom. The first-order valence-corrected chi connectivity index (χ1v) is 7.67. The summed E-state index contributed by atoms with van der Waals surface area (Å²) in [5, 5.41) is 12.5. The number of halogens is 2. The highest BCUT2D eigenvalue weighted by molar-refractivity contribution is 9.10. The highest BCUT2D eigenvalue weighted by Crippen LogP contribution is 2.21. The van der Waals surface area contributed by atoms with Crippen molar-refractivity contribution in [1.29, 1.82) is 0 Å². The van der Waals surface area contributed by atoms with Crippen LogP contribution in [0, 0.1) is 11.7 Å². The Bertz CT molecular complexity index is 380. The Labute approximate surface area is 123 Å². The molecule has 1 rings (SSSR count). The van der Waals surface area contributed by atoms with Gasteiger partial charge >= 0.3 is 0 Å². The monoisotopic (exact) mass is 331 g/mol. The zero-order valence-electron chi connectivity index (χ0n) is 11.6. The van der Waals surface area contributed by atoms with Crippen LogP contribution in [0.2, 0.25) is 0 Å². The average molecular weight is 332 g/mol. The molecule has 2 unspecified atom stereocenters. The summed E-state index contributed by atoms with van der Waals surface area (Å²) >= 11 is 3.21. The summed E-state index contributed by atoms with van der Waals surface area (Å²) in [6.07, 6.45) is 3.08. The topological polar surface area (TPSA) is 32.3 Å². The SMILES string of the molecule is CCCC(CCO)CNC(C)c1ccc(F)c(Br)c1. The standard InChI is InChI=1S/C15H23BrFNO/c1-3-4-12(7-8-19)10-18-11(2)13-5-6-15(17)14(16)9-13/h5-6,9,11-12,18-19H,3-4,7-8,10H2,1-2H3. The van der Waals surface area contributed by atoms with Crippen molar-refractivity contribution in [3.63, 3.8) is 0 Å². The highest BCUT2D eigenvalue weighted by Gasteiger charge is 2.11. The minimum atomic E-state index is -0.236. The molecule has 0 amide bonds. The second-order valence-electron chi connectivity index (χ2n) is 4.97. The molecule has 2 nitrogen and oxygen atoms in total. The van der Waals surface area contributed by atoms with Crippen LogP contribution in [0.1, 0.15) is 44.7 Å². The maximum atomic E-state index is 13.2. The van der Waals surface area contributed by atoms with Gasteiger partial charge in [0, 0.05) is 12.6 Å². The second kappa shape index (κ2) is 8.67. The normalized spacial score (nSPS) is 14.4. The molecule has 0 fully saturated rings. The van der Waals surface area contributed by atoms with E-state index in [9.17, 15) is 4.39 Å².